The molecule has 0 unspecified atom stereocenters. The monoisotopic (exact) mass is 332 g/mol. The van der Waals surface area contributed by atoms with Gasteiger partial charge in [0, 0.05) is 11.3 Å². The van der Waals surface area contributed by atoms with E-state index in [0.29, 0.717) is 16.9 Å². The predicted molar refractivity (Wildman–Crippen MR) is 84.7 cm³/mol. The Labute approximate surface area is 126 Å². The molecule has 0 atom stereocenters. The first kappa shape index (κ1) is 17.1. The van der Waals surface area contributed by atoms with Crippen molar-refractivity contribution in [3.05, 3.63) is 28.8 Å². The first-order valence-corrected chi connectivity index (χ1v) is 11.4. The summed E-state index contributed by atoms with van der Waals surface area (Å²) in [6.07, 6.45) is 0. The third-order valence-electron chi connectivity index (χ3n) is 2.41. The molecule has 20 heavy (non-hydrogen) atoms. The van der Waals surface area contributed by atoms with Crippen LogP contribution in [-0.4, -0.2) is 16.5 Å². The van der Waals surface area contributed by atoms with E-state index in [9.17, 15) is 12.3 Å². The van der Waals surface area contributed by atoms with E-state index in [1.807, 2.05) is 6.07 Å². The minimum Gasteiger partial charge on any atom is -0.358 e. The van der Waals surface area contributed by atoms with Crippen molar-refractivity contribution < 1.29 is 16.5 Å². The minimum atomic E-state index is -5.05. The quantitative estimate of drug-likeness (QED) is 0.400. The van der Waals surface area contributed by atoms with Crippen LogP contribution < -0.4 is 4.18 Å². The first-order chi connectivity index (χ1) is 9.02. The highest BCUT2D eigenvalue weighted by Crippen LogP contribution is 2.26. The van der Waals surface area contributed by atoms with Crippen molar-refractivity contribution in [2.75, 3.05) is 0 Å². The standard InChI is InChI=1S/C13H17FO3S2Si/c1-10-12(9-18)7-11(5-6-20(2,3)4)8-13(10)17-19(14,15)16/h7-8,18H,9H2,1-4H3. The molecule has 0 amide bonds. The minimum absolute atomic E-state index is 0.0427. The molecule has 0 bridgehead atoms. The molecule has 1 aromatic carbocycles. The summed E-state index contributed by atoms with van der Waals surface area (Å²) in [4.78, 5) is 0. The van der Waals surface area contributed by atoms with E-state index in [2.05, 4.69) is 47.9 Å². The molecule has 1 aromatic rings. The smallest absolute Gasteiger partial charge is 0.358 e. The SMILES string of the molecule is Cc1c(CS)cc(C#C[Si](C)(C)C)cc1OS(=O)(=O)F. The molecule has 0 aliphatic heterocycles. The number of rotatable bonds is 3. The zero-order valence-electron chi connectivity index (χ0n) is 11.8. The second-order valence-electron chi connectivity index (χ2n) is 5.39. The fourth-order valence-corrected chi connectivity index (χ4v) is 2.67. The van der Waals surface area contributed by atoms with Gasteiger partial charge in [0.2, 0.25) is 0 Å². The van der Waals surface area contributed by atoms with Crippen molar-refractivity contribution in [3.8, 4) is 17.2 Å². The van der Waals surface area contributed by atoms with Gasteiger partial charge in [-0.15, -0.1) is 5.54 Å². The second-order valence-corrected chi connectivity index (χ2v) is 11.4. The summed E-state index contributed by atoms with van der Waals surface area (Å²) >= 11 is 4.17. The zero-order chi connectivity index (χ0) is 15.6. The van der Waals surface area contributed by atoms with E-state index >= 15 is 0 Å². The summed E-state index contributed by atoms with van der Waals surface area (Å²) < 4.78 is 38.3. The second kappa shape index (κ2) is 6.20. The molecular formula is C13H17FO3S2Si. The van der Waals surface area contributed by atoms with Gasteiger partial charge in [0.25, 0.3) is 0 Å². The van der Waals surface area contributed by atoms with Gasteiger partial charge in [0.15, 0.2) is 0 Å². The molecule has 0 saturated heterocycles. The Morgan fingerprint density at radius 2 is 1.95 bits per heavy atom. The highest BCUT2D eigenvalue weighted by Gasteiger charge is 2.15. The van der Waals surface area contributed by atoms with Crippen molar-refractivity contribution in [2.24, 2.45) is 0 Å². The summed E-state index contributed by atoms with van der Waals surface area (Å²) in [5.41, 5.74) is 5.06. The number of hydrogen-bond acceptors (Lipinski definition) is 4. The fourth-order valence-electron chi connectivity index (χ4n) is 1.44. The van der Waals surface area contributed by atoms with Crippen LogP contribution in [0.15, 0.2) is 12.1 Å². The number of hydrogen-bond donors (Lipinski definition) is 1. The van der Waals surface area contributed by atoms with Crippen LogP contribution in [0.25, 0.3) is 0 Å². The van der Waals surface area contributed by atoms with Crippen LogP contribution in [0.3, 0.4) is 0 Å². The van der Waals surface area contributed by atoms with Gasteiger partial charge in [-0.2, -0.15) is 21.0 Å². The van der Waals surface area contributed by atoms with Crippen LogP contribution in [0.5, 0.6) is 5.75 Å². The summed E-state index contributed by atoms with van der Waals surface area (Å²) in [6.45, 7) is 7.94. The lowest BCUT2D eigenvalue weighted by molar-refractivity contribution is 0.438. The molecule has 0 aliphatic rings. The van der Waals surface area contributed by atoms with Crippen LogP contribution in [-0.2, 0) is 16.3 Å². The Morgan fingerprint density at radius 3 is 2.40 bits per heavy atom. The van der Waals surface area contributed by atoms with Crippen molar-refractivity contribution in [3.63, 3.8) is 0 Å². The van der Waals surface area contributed by atoms with E-state index in [0.717, 1.165) is 5.56 Å². The third kappa shape index (κ3) is 5.57. The summed E-state index contributed by atoms with van der Waals surface area (Å²) in [5.74, 6) is 3.34. The lowest BCUT2D eigenvalue weighted by atomic mass is 10.1. The predicted octanol–water partition coefficient (Wildman–Crippen LogP) is 3.25. The molecule has 0 heterocycles. The first-order valence-electron chi connectivity index (χ1n) is 5.93. The van der Waals surface area contributed by atoms with E-state index in [1.165, 1.54) is 6.07 Å². The van der Waals surface area contributed by atoms with E-state index < -0.39 is 18.6 Å². The van der Waals surface area contributed by atoms with Crippen molar-refractivity contribution >= 4 is 31.2 Å². The fraction of sp³-hybridized carbons (Fsp3) is 0.385. The van der Waals surface area contributed by atoms with Crippen LogP contribution in [0.2, 0.25) is 19.6 Å². The summed E-state index contributed by atoms with van der Waals surface area (Å²) in [5, 5.41) is 0. The number of thiol groups is 1. The van der Waals surface area contributed by atoms with Gasteiger partial charge in [-0.3, -0.25) is 0 Å². The van der Waals surface area contributed by atoms with Crippen molar-refractivity contribution in [1.82, 2.24) is 0 Å². The van der Waals surface area contributed by atoms with Crippen LogP contribution in [0, 0.1) is 18.4 Å². The normalized spacial score (nSPS) is 11.7. The molecular weight excluding hydrogens is 315 g/mol. The maximum absolute atomic E-state index is 12.7. The van der Waals surface area contributed by atoms with Gasteiger partial charge >= 0.3 is 10.5 Å². The summed E-state index contributed by atoms with van der Waals surface area (Å²) in [7, 11) is -6.61. The van der Waals surface area contributed by atoms with Crippen LogP contribution >= 0.6 is 12.6 Å². The molecule has 0 saturated carbocycles. The Kier molecular flexibility index (Phi) is 5.30. The van der Waals surface area contributed by atoms with E-state index in [4.69, 9.17) is 0 Å². The highest BCUT2D eigenvalue weighted by atomic mass is 32.3. The molecule has 0 radical (unpaired) electrons. The molecule has 0 fully saturated rings. The maximum Gasteiger partial charge on any atom is 0.488 e. The molecule has 7 heteroatoms. The average molecular weight is 332 g/mol. The Balaban J connectivity index is 3.34. The van der Waals surface area contributed by atoms with Crippen LogP contribution in [0.1, 0.15) is 16.7 Å². The van der Waals surface area contributed by atoms with Gasteiger partial charge in [0.1, 0.15) is 13.8 Å². The molecule has 110 valence electrons. The molecule has 0 N–H and O–H groups in total. The van der Waals surface area contributed by atoms with Crippen molar-refractivity contribution in [1.29, 1.82) is 0 Å². The summed E-state index contributed by atoms with van der Waals surface area (Å²) in [6, 6.07) is 3.25. The van der Waals surface area contributed by atoms with Crippen LogP contribution in [0.4, 0.5) is 3.89 Å². The number of halogens is 1. The van der Waals surface area contributed by atoms with E-state index in [1.54, 1.807) is 6.92 Å². The molecule has 3 nitrogen and oxygen atoms in total. The molecule has 0 aliphatic carbocycles. The lowest BCUT2D eigenvalue weighted by Crippen LogP contribution is -2.16. The molecule has 0 spiro atoms. The molecule has 0 aromatic heterocycles. The van der Waals surface area contributed by atoms with Gasteiger partial charge in [-0.1, -0.05) is 29.4 Å². The topological polar surface area (TPSA) is 43.4 Å². The lowest BCUT2D eigenvalue weighted by Gasteiger charge is -2.10. The zero-order valence-corrected chi connectivity index (χ0v) is 14.5. The van der Waals surface area contributed by atoms with Crippen molar-refractivity contribution in [2.45, 2.75) is 32.3 Å². The maximum atomic E-state index is 12.7. The Morgan fingerprint density at radius 1 is 1.35 bits per heavy atom. The largest absolute Gasteiger partial charge is 0.488 e. The Hall–Kier alpha value is -0.973. The average Bonchev–Trinajstić information content (AvgIpc) is 2.27. The van der Waals surface area contributed by atoms with Gasteiger partial charge in [-0.05, 0) is 30.2 Å². The van der Waals surface area contributed by atoms with Gasteiger partial charge in [0.05, 0.1) is 0 Å². The number of benzene rings is 1. The van der Waals surface area contributed by atoms with Gasteiger partial charge in [-0.25, -0.2) is 0 Å². The third-order valence-corrected chi connectivity index (χ3v) is 4.00. The molecule has 1 rings (SSSR count). The highest BCUT2D eigenvalue weighted by molar-refractivity contribution is 7.81. The Bertz CT molecular complexity index is 667. The van der Waals surface area contributed by atoms with E-state index in [-0.39, 0.29) is 5.75 Å². The van der Waals surface area contributed by atoms with Gasteiger partial charge < -0.3 is 4.18 Å².